The largest absolute Gasteiger partial charge is 0.459 e. The van der Waals surface area contributed by atoms with Crippen molar-refractivity contribution in [3.05, 3.63) is 66.2 Å². The number of fused-ring (bicyclic) bond motifs is 1. The number of nitrogens with one attached hydrogen (secondary N) is 1. The zero-order chi connectivity index (χ0) is 14.7. The van der Waals surface area contributed by atoms with Gasteiger partial charge in [-0.1, -0.05) is 30.3 Å². The average molecular weight is 302 g/mol. The van der Waals surface area contributed by atoms with E-state index in [0.29, 0.717) is 10.6 Å². The molecule has 1 heterocycles. The average Bonchev–Trinajstić information content (AvgIpc) is 2.93. The van der Waals surface area contributed by atoms with Crippen molar-refractivity contribution in [3.63, 3.8) is 0 Å². The normalized spacial score (nSPS) is 12.7. The van der Waals surface area contributed by atoms with Crippen LogP contribution in [0.3, 0.4) is 0 Å². The number of hydrazine groups is 1. The van der Waals surface area contributed by atoms with Crippen LogP contribution in [0.15, 0.2) is 63.9 Å². The number of rotatable bonds is 5. The maximum Gasteiger partial charge on any atom is 0.136 e. The molecule has 3 N–H and O–H groups in total. The van der Waals surface area contributed by atoms with Gasteiger partial charge in [-0.25, -0.2) is 9.82 Å². The van der Waals surface area contributed by atoms with Crippen molar-refractivity contribution in [1.29, 1.82) is 0 Å². The Morgan fingerprint density at radius 2 is 1.90 bits per heavy atom. The summed E-state index contributed by atoms with van der Waals surface area (Å²) in [5.41, 5.74) is 3.55. The van der Waals surface area contributed by atoms with Crippen LogP contribution in [-0.4, -0.2) is 5.75 Å². The van der Waals surface area contributed by atoms with Crippen LogP contribution in [0.2, 0.25) is 0 Å². The number of furan rings is 1. The summed E-state index contributed by atoms with van der Waals surface area (Å²) < 4.78 is 19.4. The first kappa shape index (κ1) is 14.1. The van der Waals surface area contributed by atoms with Crippen LogP contribution in [-0.2, 0) is 0 Å². The summed E-state index contributed by atoms with van der Waals surface area (Å²) in [7, 11) is 0. The molecular weight excluding hydrogens is 287 g/mol. The molecule has 0 amide bonds. The highest BCUT2D eigenvalue weighted by atomic mass is 32.2. The summed E-state index contributed by atoms with van der Waals surface area (Å²) in [6.07, 6.45) is 0. The number of halogens is 1. The topological polar surface area (TPSA) is 51.2 Å². The van der Waals surface area contributed by atoms with Crippen LogP contribution < -0.4 is 11.3 Å². The van der Waals surface area contributed by atoms with E-state index in [9.17, 15) is 4.39 Å². The van der Waals surface area contributed by atoms with Gasteiger partial charge in [0.1, 0.15) is 17.2 Å². The Morgan fingerprint density at radius 3 is 2.67 bits per heavy atom. The fourth-order valence-corrected chi connectivity index (χ4v) is 3.11. The number of hydrogen-bond acceptors (Lipinski definition) is 4. The van der Waals surface area contributed by atoms with Crippen LogP contribution in [0.5, 0.6) is 0 Å². The molecule has 1 unspecified atom stereocenters. The molecule has 1 atom stereocenters. The second-order valence-electron chi connectivity index (χ2n) is 4.65. The highest BCUT2D eigenvalue weighted by Crippen LogP contribution is 2.29. The highest BCUT2D eigenvalue weighted by Gasteiger charge is 2.16. The first-order valence-electron chi connectivity index (χ1n) is 6.60. The Hall–Kier alpha value is -1.82. The molecule has 3 aromatic rings. The molecule has 0 saturated carbocycles. The van der Waals surface area contributed by atoms with E-state index < -0.39 is 0 Å². The molecule has 0 fully saturated rings. The van der Waals surface area contributed by atoms with Gasteiger partial charge in [0.25, 0.3) is 0 Å². The lowest BCUT2D eigenvalue weighted by Crippen LogP contribution is -2.29. The van der Waals surface area contributed by atoms with Crippen molar-refractivity contribution in [1.82, 2.24) is 5.43 Å². The predicted octanol–water partition coefficient (Wildman–Crippen LogP) is 3.87. The van der Waals surface area contributed by atoms with Gasteiger partial charge < -0.3 is 4.42 Å². The standard InChI is InChI=1S/C16H15FN2OS/c17-12-6-2-4-8-16(12)21-10-13(19-18)15-9-11-5-1-3-7-14(11)20-15/h1-9,13,19H,10,18H2. The smallest absolute Gasteiger partial charge is 0.136 e. The molecule has 0 aliphatic rings. The van der Waals surface area contributed by atoms with Gasteiger partial charge in [-0.3, -0.25) is 5.84 Å². The molecule has 0 saturated heterocycles. The molecule has 2 aromatic carbocycles. The third kappa shape index (κ3) is 3.10. The molecule has 21 heavy (non-hydrogen) atoms. The Balaban J connectivity index is 1.77. The van der Waals surface area contributed by atoms with E-state index in [0.717, 1.165) is 16.7 Å². The van der Waals surface area contributed by atoms with Crippen LogP contribution >= 0.6 is 11.8 Å². The number of nitrogens with two attached hydrogens (primary N) is 1. The third-order valence-electron chi connectivity index (χ3n) is 3.23. The Bertz CT molecular complexity index is 711. The Labute approximate surface area is 126 Å². The second kappa shape index (κ2) is 6.30. The van der Waals surface area contributed by atoms with E-state index in [-0.39, 0.29) is 11.9 Å². The number of hydrogen-bond donors (Lipinski definition) is 2. The molecule has 0 bridgehead atoms. The van der Waals surface area contributed by atoms with Crippen molar-refractivity contribution in [2.24, 2.45) is 5.84 Å². The van der Waals surface area contributed by atoms with Crippen molar-refractivity contribution in [2.75, 3.05) is 5.75 Å². The zero-order valence-electron chi connectivity index (χ0n) is 11.3. The zero-order valence-corrected chi connectivity index (χ0v) is 12.1. The minimum Gasteiger partial charge on any atom is -0.459 e. The number of thioether (sulfide) groups is 1. The summed E-state index contributed by atoms with van der Waals surface area (Å²) in [5.74, 6) is 6.73. The molecule has 0 spiro atoms. The molecule has 5 heteroatoms. The van der Waals surface area contributed by atoms with Gasteiger partial charge in [0.15, 0.2) is 0 Å². The van der Waals surface area contributed by atoms with E-state index in [1.807, 2.05) is 36.4 Å². The highest BCUT2D eigenvalue weighted by molar-refractivity contribution is 7.99. The molecule has 0 radical (unpaired) electrons. The van der Waals surface area contributed by atoms with E-state index in [2.05, 4.69) is 5.43 Å². The van der Waals surface area contributed by atoms with E-state index in [1.165, 1.54) is 17.8 Å². The van der Waals surface area contributed by atoms with Crippen molar-refractivity contribution in [2.45, 2.75) is 10.9 Å². The SMILES string of the molecule is NNC(CSc1ccccc1F)c1cc2ccccc2o1. The van der Waals surface area contributed by atoms with Crippen molar-refractivity contribution >= 4 is 22.7 Å². The lowest BCUT2D eigenvalue weighted by atomic mass is 10.2. The maximum absolute atomic E-state index is 13.6. The van der Waals surface area contributed by atoms with Gasteiger partial charge in [0.2, 0.25) is 0 Å². The van der Waals surface area contributed by atoms with E-state index in [4.69, 9.17) is 10.3 Å². The van der Waals surface area contributed by atoms with Gasteiger partial charge in [0.05, 0.1) is 6.04 Å². The van der Waals surface area contributed by atoms with E-state index in [1.54, 1.807) is 12.1 Å². The Kier molecular flexibility index (Phi) is 4.24. The monoisotopic (exact) mass is 302 g/mol. The van der Waals surface area contributed by atoms with Gasteiger partial charge in [-0.05, 0) is 24.3 Å². The summed E-state index contributed by atoms with van der Waals surface area (Å²) in [6.45, 7) is 0. The van der Waals surface area contributed by atoms with Crippen molar-refractivity contribution < 1.29 is 8.81 Å². The van der Waals surface area contributed by atoms with E-state index >= 15 is 0 Å². The molecular formula is C16H15FN2OS. The fraction of sp³-hybridized carbons (Fsp3) is 0.125. The van der Waals surface area contributed by atoms with Crippen molar-refractivity contribution in [3.8, 4) is 0 Å². The Morgan fingerprint density at radius 1 is 1.14 bits per heavy atom. The quantitative estimate of drug-likeness (QED) is 0.427. The lowest BCUT2D eigenvalue weighted by Gasteiger charge is -2.12. The molecule has 108 valence electrons. The second-order valence-corrected chi connectivity index (χ2v) is 5.71. The van der Waals surface area contributed by atoms with Crippen LogP contribution in [0.4, 0.5) is 4.39 Å². The molecule has 1 aromatic heterocycles. The van der Waals surface area contributed by atoms with Crippen LogP contribution in [0, 0.1) is 5.82 Å². The molecule has 0 aliphatic carbocycles. The summed E-state index contributed by atoms with van der Waals surface area (Å²) >= 11 is 1.41. The number of benzene rings is 2. The predicted molar refractivity (Wildman–Crippen MR) is 83.4 cm³/mol. The van der Waals surface area contributed by atoms with Gasteiger partial charge >= 0.3 is 0 Å². The first-order valence-corrected chi connectivity index (χ1v) is 7.58. The molecule has 0 aliphatic heterocycles. The summed E-state index contributed by atoms with van der Waals surface area (Å²) in [6, 6.07) is 16.3. The summed E-state index contributed by atoms with van der Waals surface area (Å²) in [5, 5.41) is 1.03. The first-order chi connectivity index (χ1) is 10.3. The minimum atomic E-state index is -0.220. The van der Waals surface area contributed by atoms with Crippen LogP contribution in [0.1, 0.15) is 11.8 Å². The van der Waals surface area contributed by atoms with Gasteiger partial charge in [0, 0.05) is 16.0 Å². The maximum atomic E-state index is 13.6. The molecule has 3 rings (SSSR count). The van der Waals surface area contributed by atoms with Crippen LogP contribution in [0.25, 0.3) is 11.0 Å². The molecule has 3 nitrogen and oxygen atoms in total. The third-order valence-corrected chi connectivity index (χ3v) is 4.37. The van der Waals surface area contributed by atoms with Gasteiger partial charge in [-0.15, -0.1) is 11.8 Å². The summed E-state index contributed by atoms with van der Waals surface area (Å²) in [4.78, 5) is 0.605. The number of para-hydroxylation sites is 1. The van der Waals surface area contributed by atoms with Gasteiger partial charge in [-0.2, -0.15) is 0 Å². The minimum absolute atomic E-state index is 0.179. The lowest BCUT2D eigenvalue weighted by molar-refractivity contribution is 0.463. The fourth-order valence-electron chi connectivity index (χ4n) is 2.12.